The second-order valence-corrected chi connectivity index (χ2v) is 7.08. The van der Waals surface area contributed by atoms with Gasteiger partial charge in [-0.2, -0.15) is 9.67 Å². The van der Waals surface area contributed by atoms with E-state index >= 15 is 0 Å². The van der Waals surface area contributed by atoms with Crippen molar-refractivity contribution < 1.29 is 14.2 Å². The average molecular weight is 429 g/mol. The number of benzene rings is 1. The van der Waals surface area contributed by atoms with Crippen LogP contribution in [-0.2, 0) is 4.74 Å². The molecule has 1 aromatic carbocycles. The molecule has 2 aromatic heterocycles. The first-order valence-electron chi connectivity index (χ1n) is 9.85. The Kier molecular flexibility index (Phi) is 6.09. The van der Waals surface area contributed by atoms with Gasteiger partial charge in [-0.25, -0.2) is 14.4 Å². The van der Waals surface area contributed by atoms with E-state index in [4.69, 9.17) is 10.5 Å². The predicted molar refractivity (Wildman–Crippen MR) is 114 cm³/mol. The van der Waals surface area contributed by atoms with Crippen molar-refractivity contribution in [1.29, 1.82) is 0 Å². The molecule has 0 saturated carbocycles. The lowest BCUT2D eigenvalue weighted by atomic mass is 10.2. The minimum atomic E-state index is -0.426. The zero-order valence-electron chi connectivity index (χ0n) is 17.0. The van der Waals surface area contributed by atoms with Crippen LogP contribution in [0.2, 0.25) is 0 Å². The maximum atomic E-state index is 14.7. The summed E-state index contributed by atoms with van der Waals surface area (Å²) in [5, 5.41) is 19.3. The fourth-order valence-corrected chi connectivity index (χ4v) is 3.13. The van der Waals surface area contributed by atoms with Crippen molar-refractivity contribution in [2.24, 2.45) is 0 Å². The van der Waals surface area contributed by atoms with E-state index in [0.717, 1.165) is 18.8 Å². The Morgan fingerprint density at radius 3 is 2.81 bits per heavy atom. The number of anilines is 5. The van der Waals surface area contributed by atoms with Crippen LogP contribution in [0.15, 0.2) is 30.6 Å². The minimum absolute atomic E-state index is 0.0469. The molecular weight excluding hydrogens is 405 g/mol. The third-order valence-corrected chi connectivity index (χ3v) is 4.75. The van der Waals surface area contributed by atoms with Crippen molar-refractivity contribution in [2.75, 3.05) is 54.2 Å². The van der Waals surface area contributed by atoms with Crippen LogP contribution in [0.5, 0.6) is 0 Å². The first kappa shape index (κ1) is 20.8. The number of hydrogen-bond acceptors (Lipinski definition) is 10. The summed E-state index contributed by atoms with van der Waals surface area (Å²) in [5.41, 5.74) is 7.01. The molecule has 1 aliphatic heterocycles. The summed E-state index contributed by atoms with van der Waals surface area (Å²) < 4.78 is 21.3. The van der Waals surface area contributed by atoms with Gasteiger partial charge in [0.15, 0.2) is 5.82 Å². The number of rotatable bonds is 7. The summed E-state index contributed by atoms with van der Waals surface area (Å²) in [5.74, 6) is 0.662. The first-order chi connectivity index (χ1) is 15.0. The van der Waals surface area contributed by atoms with Gasteiger partial charge in [-0.05, 0) is 25.1 Å². The molecule has 1 unspecified atom stereocenters. The molecule has 0 amide bonds. The van der Waals surface area contributed by atoms with Gasteiger partial charge in [0.2, 0.25) is 11.9 Å². The van der Waals surface area contributed by atoms with Crippen LogP contribution in [0, 0.1) is 5.82 Å². The number of nitrogens with one attached hydrogen (secondary N) is 2. The van der Waals surface area contributed by atoms with Gasteiger partial charge in [-0.15, -0.1) is 5.10 Å². The number of halogens is 1. The molecule has 1 saturated heterocycles. The van der Waals surface area contributed by atoms with Crippen molar-refractivity contribution >= 4 is 29.1 Å². The highest BCUT2D eigenvalue weighted by atomic mass is 19.1. The molecule has 4 rings (SSSR count). The van der Waals surface area contributed by atoms with E-state index in [-0.39, 0.29) is 30.2 Å². The fraction of sp³-hybridized carbons (Fsp3) is 0.368. The number of aliphatic hydroxyl groups is 1. The third-order valence-electron chi connectivity index (χ3n) is 4.75. The number of morpholine rings is 1. The predicted octanol–water partition coefficient (Wildman–Crippen LogP) is 1.15. The Labute approximate surface area is 178 Å². The number of ether oxygens (including phenoxy) is 1. The van der Waals surface area contributed by atoms with Crippen LogP contribution in [0.25, 0.3) is 5.82 Å². The molecule has 0 bridgehead atoms. The van der Waals surface area contributed by atoms with Gasteiger partial charge in [-0.1, -0.05) is 0 Å². The van der Waals surface area contributed by atoms with Gasteiger partial charge in [0.1, 0.15) is 18.0 Å². The smallest absolute Gasteiger partial charge is 0.248 e. The molecule has 3 aromatic rings. The van der Waals surface area contributed by atoms with Gasteiger partial charge >= 0.3 is 0 Å². The third kappa shape index (κ3) is 4.81. The van der Waals surface area contributed by atoms with Gasteiger partial charge < -0.3 is 31.1 Å². The van der Waals surface area contributed by atoms with Crippen molar-refractivity contribution in [3.05, 3.63) is 36.4 Å². The van der Waals surface area contributed by atoms with Crippen LogP contribution in [0.4, 0.5) is 33.5 Å². The zero-order valence-corrected chi connectivity index (χ0v) is 17.0. The molecule has 0 radical (unpaired) electrons. The van der Waals surface area contributed by atoms with Crippen LogP contribution < -0.4 is 21.3 Å². The molecule has 31 heavy (non-hydrogen) atoms. The summed E-state index contributed by atoms with van der Waals surface area (Å²) in [6.45, 7) is 4.47. The van der Waals surface area contributed by atoms with Crippen LogP contribution >= 0.6 is 0 Å². The van der Waals surface area contributed by atoms with Crippen molar-refractivity contribution in [3.8, 4) is 5.82 Å². The first-order valence-corrected chi connectivity index (χ1v) is 9.85. The maximum Gasteiger partial charge on any atom is 0.248 e. The number of nitrogens with zero attached hydrogens (tertiary/aromatic N) is 6. The van der Waals surface area contributed by atoms with Crippen LogP contribution in [0.1, 0.15) is 6.92 Å². The summed E-state index contributed by atoms with van der Waals surface area (Å²) >= 11 is 0. The highest BCUT2D eigenvalue weighted by molar-refractivity contribution is 5.61. The monoisotopic (exact) mass is 429 g/mol. The molecule has 11 nitrogen and oxygen atoms in total. The molecule has 1 aliphatic rings. The number of hydrogen-bond donors (Lipinski definition) is 4. The summed E-state index contributed by atoms with van der Waals surface area (Å²) in [4.78, 5) is 14.5. The maximum absolute atomic E-state index is 14.7. The highest BCUT2D eigenvalue weighted by Gasteiger charge is 2.16. The van der Waals surface area contributed by atoms with Gasteiger partial charge in [0, 0.05) is 30.9 Å². The summed E-state index contributed by atoms with van der Waals surface area (Å²) in [7, 11) is 0. The number of nitrogen functional groups attached to an aromatic ring is 1. The van der Waals surface area contributed by atoms with E-state index in [9.17, 15) is 9.50 Å². The molecule has 164 valence electrons. The normalized spacial score (nSPS) is 15.0. The molecule has 1 fully saturated rings. The SMILES string of the molecule is CC(CO)Nc1cc(-n2nc(Nc3ccc(N4CCOCC4)cc3F)nc2N)ncn1. The van der Waals surface area contributed by atoms with Crippen molar-refractivity contribution in [1.82, 2.24) is 24.7 Å². The Hall–Kier alpha value is -3.51. The molecular formula is C19H24FN9O2. The number of aromatic nitrogens is 5. The zero-order chi connectivity index (χ0) is 21.8. The summed E-state index contributed by atoms with van der Waals surface area (Å²) in [6.07, 6.45) is 1.35. The molecule has 3 heterocycles. The van der Waals surface area contributed by atoms with E-state index in [0.29, 0.717) is 24.8 Å². The standard InChI is InChI=1S/C19H24FN9O2/c1-12(10-30)24-16-9-17(23-11-22-16)29-18(21)26-19(27-29)25-15-3-2-13(8-14(15)20)28-4-6-31-7-5-28/h2-3,8-9,11-12,30H,4-7,10H2,1H3,(H,22,23,24)(H3,21,25,26,27). The lowest BCUT2D eigenvalue weighted by Crippen LogP contribution is -2.36. The average Bonchev–Trinajstić information content (AvgIpc) is 3.16. The number of nitrogens with two attached hydrogens (primary N) is 1. The summed E-state index contributed by atoms with van der Waals surface area (Å²) in [6, 6.07) is 6.38. The second kappa shape index (κ2) is 9.10. The van der Waals surface area contributed by atoms with Crippen LogP contribution in [0.3, 0.4) is 0 Å². The fourth-order valence-electron chi connectivity index (χ4n) is 3.13. The molecule has 0 spiro atoms. The van der Waals surface area contributed by atoms with Gasteiger partial charge in [0.25, 0.3) is 0 Å². The van der Waals surface area contributed by atoms with E-state index in [1.807, 2.05) is 13.0 Å². The van der Waals surface area contributed by atoms with Gasteiger partial charge in [0.05, 0.1) is 25.5 Å². The lowest BCUT2D eigenvalue weighted by molar-refractivity contribution is 0.122. The van der Waals surface area contributed by atoms with Crippen molar-refractivity contribution in [3.63, 3.8) is 0 Å². The molecule has 1 atom stereocenters. The van der Waals surface area contributed by atoms with Crippen LogP contribution in [-0.4, -0.2) is 68.8 Å². The number of aliphatic hydroxyl groups excluding tert-OH is 1. The highest BCUT2D eigenvalue weighted by Crippen LogP contribution is 2.25. The van der Waals surface area contributed by atoms with E-state index in [1.165, 1.54) is 17.1 Å². The Morgan fingerprint density at radius 1 is 1.26 bits per heavy atom. The lowest BCUT2D eigenvalue weighted by Gasteiger charge is -2.29. The Balaban J connectivity index is 1.51. The second-order valence-electron chi connectivity index (χ2n) is 7.08. The van der Waals surface area contributed by atoms with E-state index < -0.39 is 5.82 Å². The van der Waals surface area contributed by atoms with E-state index in [2.05, 4.69) is 35.6 Å². The Morgan fingerprint density at radius 2 is 2.06 bits per heavy atom. The quantitative estimate of drug-likeness (QED) is 0.432. The molecule has 12 heteroatoms. The molecule has 5 N–H and O–H groups in total. The van der Waals surface area contributed by atoms with E-state index in [1.54, 1.807) is 12.1 Å². The minimum Gasteiger partial charge on any atom is -0.394 e. The van der Waals surface area contributed by atoms with Gasteiger partial charge in [-0.3, -0.25) is 0 Å². The topological polar surface area (TPSA) is 139 Å². The van der Waals surface area contributed by atoms with Crippen molar-refractivity contribution in [2.45, 2.75) is 13.0 Å². The largest absolute Gasteiger partial charge is 0.394 e. The molecule has 0 aliphatic carbocycles. The Bertz CT molecular complexity index is 1040.